The molecule has 2 aliphatic rings. The maximum Gasteiger partial charge on any atom is 0.0332 e. The summed E-state index contributed by atoms with van der Waals surface area (Å²) in [5.74, 6) is 1.86. The van der Waals surface area contributed by atoms with Crippen molar-refractivity contribution in [3.8, 4) is 0 Å². The van der Waals surface area contributed by atoms with E-state index in [0.717, 1.165) is 18.4 Å². The number of rotatable bonds is 2. The predicted molar refractivity (Wildman–Crippen MR) is 46.3 cm³/mol. The van der Waals surface area contributed by atoms with Crippen molar-refractivity contribution < 1.29 is 0 Å². The third-order valence-electron chi connectivity index (χ3n) is 3.84. The van der Waals surface area contributed by atoms with Crippen LogP contribution in [0.5, 0.6) is 0 Å². The Balaban J connectivity index is 2.14. The first-order valence-electron chi connectivity index (χ1n) is 4.70. The van der Waals surface area contributed by atoms with Crippen LogP contribution in [0.25, 0.3) is 0 Å². The van der Waals surface area contributed by atoms with Crippen LogP contribution in [0.1, 0.15) is 25.7 Å². The summed E-state index contributed by atoms with van der Waals surface area (Å²) in [4.78, 5) is 0. The fraction of sp³-hybridized carbons (Fsp3) is 1.00. The molecule has 0 aromatic heterocycles. The predicted octanol–water partition coefficient (Wildman–Crippen LogP) is 0.723. The van der Waals surface area contributed by atoms with E-state index in [-0.39, 0.29) is 0 Å². The topological polar surface area (TPSA) is 38.0 Å². The van der Waals surface area contributed by atoms with E-state index in [1.165, 1.54) is 25.7 Å². The Bertz CT molecular complexity index is 152. The lowest BCUT2D eigenvalue weighted by Gasteiger charge is -2.36. The molecule has 0 radical (unpaired) electrons. The van der Waals surface area contributed by atoms with Crippen molar-refractivity contribution in [3.05, 3.63) is 0 Å². The minimum absolute atomic E-state index is 0.322. The molecule has 2 fully saturated rings. The van der Waals surface area contributed by atoms with Gasteiger partial charge >= 0.3 is 0 Å². The zero-order valence-corrected chi connectivity index (χ0v) is 7.27. The van der Waals surface area contributed by atoms with Gasteiger partial charge in [-0.1, -0.05) is 6.42 Å². The van der Waals surface area contributed by atoms with Gasteiger partial charge in [0.2, 0.25) is 0 Å². The maximum atomic E-state index is 5.80. The van der Waals surface area contributed by atoms with Crippen LogP contribution in [0.2, 0.25) is 0 Å². The molecule has 2 bridgehead atoms. The van der Waals surface area contributed by atoms with Crippen LogP contribution in [0.4, 0.5) is 0 Å². The van der Waals surface area contributed by atoms with Gasteiger partial charge < -0.3 is 11.1 Å². The minimum atomic E-state index is 0.322. The molecule has 3 unspecified atom stereocenters. The van der Waals surface area contributed by atoms with Gasteiger partial charge in [0, 0.05) is 12.1 Å². The summed E-state index contributed by atoms with van der Waals surface area (Å²) >= 11 is 0. The van der Waals surface area contributed by atoms with Gasteiger partial charge in [-0.3, -0.25) is 0 Å². The van der Waals surface area contributed by atoms with Gasteiger partial charge in [0.1, 0.15) is 0 Å². The molecule has 3 atom stereocenters. The van der Waals surface area contributed by atoms with E-state index in [9.17, 15) is 0 Å². The fourth-order valence-corrected chi connectivity index (χ4v) is 3.10. The fourth-order valence-electron chi connectivity index (χ4n) is 3.10. The van der Waals surface area contributed by atoms with Crippen LogP contribution >= 0.6 is 0 Å². The standard InChI is InChI=1S/C9H18N2/c1-11-9(6-10)5-7-2-3-8(9)4-7/h7-8,11H,2-6,10H2,1H3. The van der Waals surface area contributed by atoms with E-state index in [2.05, 4.69) is 12.4 Å². The third kappa shape index (κ3) is 0.926. The molecule has 0 aromatic rings. The van der Waals surface area contributed by atoms with Crippen LogP contribution in [-0.4, -0.2) is 19.1 Å². The molecular weight excluding hydrogens is 136 g/mol. The Morgan fingerprint density at radius 3 is 2.64 bits per heavy atom. The lowest BCUT2D eigenvalue weighted by molar-refractivity contribution is 0.231. The number of hydrogen-bond acceptors (Lipinski definition) is 2. The molecule has 0 amide bonds. The molecule has 0 spiro atoms. The quantitative estimate of drug-likeness (QED) is 0.615. The highest BCUT2D eigenvalue weighted by molar-refractivity contribution is 5.06. The van der Waals surface area contributed by atoms with Crippen molar-refractivity contribution >= 4 is 0 Å². The SMILES string of the molecule is CNC1(CN)CC2CCC1C2. The summed E-state index contributed by atoms with van der Waals surface area (Å²) in [7, 11) is 2.06. The van der Waals surface area contributed by atoms with Crippen LogP contribution in [-0.2, 0) is 0 Å². The molecule has 0 saturated heterocycles. The second-order valence-electron chi connectivity index (χ2n) is 4.19. The molecule has 0 aliphatic heterocycles. The molecule has 3 N–H and O–H groups in total. The van der Waals surface area contributed by atoms with E-state index in [1.807, 2.05) is 0 Å². The van der Waals surface area contributed by atoms with E-state index in [0.29, 0.717) is 5.54 Å². The summed E-state index contributed by atoms with van der Waals surface area (Å²) in [6, 6.07) is 0. The van der Waals surface area contributed by atoms with Gasteiger partial charge in [-0.15, -0.1) is 0 Å². The van der Waals surface area contributed by atoms with E-state index < -0.39 is 0 Å². The molecule has 2 heteroatoms. The van der Waals surface area contributed by atoms with Crippen molar-refractivity contribution in [3.63, 3.8) is 0 Å². The molecule has 64 valence electrons. The summed E-state index contributed by atoms with van der Waals surface area (Å²) in [5.41, 5.74) is 6.13. The zero-order chi connectivity index (χ0) is 7.90. The van der Waals surface area contributed by atoms with E-state index in [1.54, 1.807) is 0 Å². The van der Waals surface area contributed by atoms with Crippen molar-refractivity contribution in [1.29, 1.82) is 0 Å². The monoisotopic (exact) mass is 154 g/mol. The van der Waals surface area contributed by atoms with E-state index in [4.69, 9.17) is 5.73 Å². The van der Waals surface area contributed by atoms with Crippen molar-refractivity contribution in [2.75, 3.05) is 13.6 Å². The normalized spacial score (nSPS) is 48.5. The summed E-state index contributed by atoms with van der Waals surface area (Å²) < 4.78 is 0. The lowest BCUT2D eigenvalue weighted by Crippen LogP contribution is -2.53. The van der Waals surface area contributed by atoms with Gasteiger partial charge in [-0.2, -0.15) is 0 Å². The number of likely N-dealkylation sites (N-methyl/N-ethyl adjacent to an activating group) is 1. The number of nitrogens with one attached hydrogen (secondary N) is 1. The highest BCUT2D eigenvalue weighted by Gasteiger charge is 2.48. The summed E-state index contributed by atoms with van der Waals surface area (Å²) in [6.45, 7) is 0.824. The molecule has 0 heterocycles. The molecule has 2 saturated carbocycles. The molecular formula is C9H18N2. The lowest BCUT2D eigenvalue weighted by atomic mass is 9.81. The van der Waals surface area contributed by atoms with Gasteiger partial charge in [0.05, 0.1) is 0 Å². The molecule has 2 rings (SSSR count). The Morgan fingerprint density at radius 1 is 1.55 bits per heavy atom. The number of fused-ring (bicyclic) bond motifs is 2. The Labute approximate surface area is 68.5 Å². The Kier molecular flexibility index (Phi) is 1.69. The zero-order valence-electron chi connectivity index (χ0n) is 7.27. The first-order chi connectivity index (χ1) is 5.30. The highest BCUT2D eigenvalue weighted by atomic mass is 15.0. The summed E-state index contributed by atoms with van der Waals surface area (Å²) in [6.07, 6.45) is 5.61. The van der Waals surface area contributed by atoms with E-state index >= 15 is 0 Å². The van der Waals surface area contributed by atoms with Gasteiger partial charge in [-0.05, 0) is 38.1 Å². The minimum Gasteiger partial charge on any atom is -0.329 e. The number of nitrogens with two attached hydrogens (primary N) is 1. The van der Waals surface area contributed by atoms with Crippen LogP contribution in [0.15, 0.2) is 0 Å². The van der Waals surface area contributed by atoms with Crippen molar-refractivity contribution in [1.82, 2.24) is 5.32 Å². The smallest absolute Gasteiger partial charge is 0.0332 e. The molecule has 0 aromatic carbocycles. The third-order valence-corrected chi connectivity index (χ3v) is 3.84. The van der Waals surface area contributed by atoms with Crippen molar-refractivity contribution in [2.45, 2.75) is 31.2 Å². The van der Waals surface area contributed by atoms with Crippen molar-refractivity contribution in [2.24, 2.45) is 17.6 Å². The second kappa shape index (κ2) is 2.46. The summed E-state index contributed by atoms with van der Waals surface area (Å²) in [5, 5.41) is 3.43. The average molecular weight is 154 g/mol. The van der Waals surface area contributed by atoms with Gasteiger partial charge in [0.15, 0.2) is 0 Å². The first-order valence-corrected chi connectivity index (χ1v) is 4.70. The van der Waals surface area contributed by atoms with Gasteiger partial charge in [-0.25, -0.2) is 0 Å². The second-order valence-corrected chi connectivity index (χ2v) is 4.19. The molecule has 2 aliphatic carbocycles. The highest BCUT2D eigenvalue weighted by Crippen LogP contribution is 2.49. The number of hydrogen-bond donors (Lipinski definition) is 2. The Morgan fingerprint density at radius 2 is 2.36 bits per heavy atom. The Hall–Kier alpha value is -0.0800. The maximum absolute atomic E-state index is 5.80. The van der Waals surface area contributed by atoms with Crippen LogP contribution < -0.4 is 11.1 Å². The average Bonchev–Trinajstić information content (AvgIpc) is 2.62. The van der Waals surface area contributed by atoms with Crippen LogP contribution in [0, 0.1) is 11.8 Å². The molecule has 11 heavy (non-hydrogen) atoms. The van der Waals surface area contributed by atoms with Gasteiger partial charge in [0.25, 0.3) is 0 Å². The largest absolute Gasteiger partial charge is 0.329 e. The van der Waals surface area contributed by atoms with Crippen LogP contribution in [0.3, 0.4) is 0 Å². The first kappa shape index (κ1) is 7.56. The molecule has 2 nitrogen and oxygen atoms in total.